The maximum Gasteiger partial charge on any atom is 0.0634 e. The molecule has 0 saturated heterocycles. The molecule has 0 N–H and O–H groups in total. The van der Waals surface area contributed by atoms with E-state index < -0.39 is 0 Å². The van der Waals surface area contributed by atoms with Gasteiger partial charge < -0.3 is 9.47 Å². The quantitative estimate of drug-likeness (QED) is 0.132. The molecule has 0 radical (unpaired) electrons. The van der Waals surface area contributed by atoms with Crippen LogP contribution in [0.1, 0.15) is 43.7 Å². The van der Waals surface area contributed by atoms with Gasteiger partial charge in [-0.15, -0.1) is 22.7 Å². The van der Waals surface area contributed by atoms with Gasteiger partial charge in [0, 0.05) is 74.2 Å². The first kappa shape index (κ1) is 38.8. The molecule has 10 rings (SSSR count). The van der Waals surface area contributed by atoms with Crippen molar-refractivity contribution in [2.24, 2.45) is 0 Å². The van der Waals surface area contributed by atoms with Crippen molar-refractivity contribution in [2.75, 3.05) is 4.90 Å². The molecule has 0 aliphatic heterocycles. The number of allylic oxidation sites excluding steroid dienone is 4. The van der Waals surface area contributed by atoms with Crippen molar-refractivity contribution in [3.05, 3.63) is 199 Å². The lowest BCUT2D eigenvalue weighted by molar-refractivity contribution is 1.19. The van der Waals surface area contributed by atoms with Gasteiger partial charge in [0.05, 0.1) is 11.0 Å². The van der Waals surface area contributed by atoms with Gasteiger partial charge in [-0.2, -0.15) is 0 Å². The Labute approximate surface area is 360 Å². The predicted molar refractivity (Wildman–Crippen MR) is 269 cm³/mol. The summed E-state index contributed by atoms with van der Waals surface area (Å²) in [6.45, 7) is 16.4. The molecule has 0 spiro atoms. The van der Waals surface area contributed by atoms with Gasteiger partial charge in [0.1, 0.15) is 0 Å². The number of hydrogen-bond acceptors (Lipinski definition) is 3. The standard InChI is InChI=1S/C54H40N2S2.C2H6/c1-5-16-35(6-2)36-23-27-39(28-24-36)55(41-31-32-51-46(33-41)42(7-3)49(8-4)57-51)40-29-25-37(26-30-40)45-34-47-43-19-12-14-21-48(43)56(38-17-10-9-11-18-38)53(47)52-44-20-13-15-22-50(44)58-54(45)52;1-2/h5-34H,3-4H2,1-2H3;1-2H3/b16-5-,35-6+;. The summed E-state index contributed by atoms with van der Waals surface area (Å²) in [5.41, 5.74) is 12.9. The molecule has 3 heterocycles. The van der Waals surface area contributed by atoms with Crippen molar-refractivity contribution in [1.29, 1.82) is 0 Å². The van der Waals surface area contributed by atoms with Crippen LogP contribution in [0.15, 0.2) is 183 Å². The minimum absolute atomic E-state index is 1.09. The second-order valence-corrected chi connectivity index (χ2v) is 16.6. The monoisotopic (exact) mass is 810 g/mol. The number of benzene rings is 7. The van der Waals surface area contributed by atoms with E-state index in [9.17, 15) is 0 Å². The van der Waals surface area contributed by atoms with E-state index in [1.54, 1.807) is 11.3 Å². The van der Waals surface area contributed by atoms with Crippen LogP contribution in [0.4, 0.5) is 17.1 Å². The van der Waals surface area contributed by atoms with Gasteiger partial charge in [-0.25, -0.2) is 0 Å². The maximum absolute atomic E-state index is 4.16. The first-order valence-corrected chi connectivity index (χ1v) is 22.3. The molecule has 4 heteroatoms. The third kappa shape index (κ3) is 6.49. The topological polar surface area (TPSA) is 8.17 Å². The zero-order valence-corrected chi connectivity index (χ0v) is 36.1. The van der Waals surface area contributed by atoms with Crippen molar-refractivity contribution < 1.29 is 0 Å². The van der Waals surface area contributed by atoms with Crippen LogP contribution in [0.3, 0.4) is 0 Å². The Morgan fingerprint density at radius 3 is 1.95 bits per heavy atom. The zero-order valence-electron chi connectivity index (χ0n) is 34.4. The molecule has 3 aromatic heterocycles. The molecule has 0 fully saturated rings. The Bertz CT molecular complexity index is 3260. The summed E-state index contributed by atoms with van der Waals surface area (Å²) in [5.74, 6) is 0. The van der Waals surface area contributed by atoms with Crippen molar-refractivity contribution >= 4 is 110 Å². The van der Waals surface area contributed by atoms with E-state index >= 15 is 0 Å². The molecular formula is C56H46N2S2. The number of para-hydroxylation sites is 2. The smallest absolute Gasteiger partial charge is 0.0634 e. The number of thiophene rings is 2. The zero-order chi connectivity index (χ0) is 41.3. The second kappa shape index (κ2) is 16.5. The average molecular weight is 811 g/mol. The van der Waals surface area contributed by atoms with Gasteiger partial charge in [0.2, 0.25) is 0 Å². The lowest BCUT2D eigenvalue weighted by Gasteiger charge is -2.26. The Kier molecular flexibility index (Phi) is 10.7. The summed E-state index contributed by atoms with van der Waals surface area (Å²) in [4.78, 5) is 3.50. The van der Waals surface area contributed by atoms with E-state index in [0.29, 0.717) is 0 Å². The van der Waals surface area contributed by atoms with Gasteiger partial charge in [-0.05, 0) is 109 Å². The van der Waals surface area contributed by atoms with E-state index in [1.165, 1.54) is 80.0 Å². The Morgan fingerprint density at radius 1 is 0.600 bits per heavy atom. The van der Waals surface area contributed by atoms with Gasteiger partial charge >= 0.3 is 0 Å². The minimum Gasteiger partial charge on any atom is -0.310 e. The molecule has 0 saturated carbocycles. The predicted octanol–water partition coefficient (Wildman–Crippen LogP) is 17.8. The van der Waals surface area contributed by atoms with E-state index in [-0.39, 0.29) is 0 Å². The van der Waals surface area contributed by atoms with Crippen LogP contribution in [-0.2, 0) is 0 Å². The molecule has 0 aliphatic rings. The molecule has 10 aromatic rings. The van der Waals surface area contributed by atoms with Crippen LogP contribution in [0.2, 0.25) is 0 Å². The van der Waals surface area contributed by atoms with E-state index in [1.807, 2.05) is 37.3 Å². The number of aromatic nitrogens is 1. The summed E-state index contributed by atoms with van der Waals surface area (Å²) in [6, 6.07) is 55.7. The summed E-state index contributed by atoms with van der Waals surface area (Å²) < 4.78 is 6.27. The van der Waals surface area contributed by atoms with Crippen molar-refractivity contribution in [2.45, 2.75) is 27.7 Å². The number of hydrogen-bond donors (Lipinski definition) is 0. The molecular weight excluding hydrogens is 765 g/mol. The Morgan fingerprint density at radius 2 is 1.25 bits per heavy atom. The fourth-order valence-corrected chi connectivity index (χ4v) is 10.9. The van der Waals surface area contributed by atoms with Crippen LogP contribution in [-0.4, -0.2) is 4.57 Å². The molecule has 0 aliphatic carbocycles. The SMILES string of the molecule is C=Cc1sc2ccc(N(c3ccc(C(/C=C\C)=C/C)cc3)c3ccc(-c4cc5c6ccccc6n(-c6ccccc6)c5c5c4sc4ccccc45)cc3)cc2c1C=C.CC. The molecule has 0 unspecified atom stereocenters. The van der Waals surface area contributed by atoms with Gasteiger partial charge in [0.25, 0.3) is 0 Å². The molecule has 7 aromatic carbocycles. The average Bonchev–Trinajstić information content (AvgIpc) is 3.99. The van der Waals surface area contributed by atoms with Crippen LogP contribution in [0.25, 0.3) is 86.6 Å². The first-order chi connectivity index (χ1) is 29.6. The summed E-state index contributed by atoms with van der Waals surface area (Å²) in [7, 11) is 0. The van der Waals surface area contributed by atoms with E-state index in [0.717, 1.165) is 27.5 Å². The normalized spacial score (nSPS) is 11.8. The first-order valence-electron chi connectivity index (χ1n) is 20.6. The van der Waals surface area contributed by atoms with Gasteiger partial charge in [-0.3, -0.25) is 0 Å². The molecule has 60 heavy (non-hydrogen) atoms. The third-order valence-electron chi connectivity index (χ3n) is 11.2. The molecule has 0 atom stereocenters. The van der Waals surface area contributed by atoms with Gasteiger partial charge in [0.15, 0.2) is 0 Å². The number of rotatable bonds is 9. The summed E-state index contributed by atoms with van der Waals surface area (Å²) in [5, 5.41) is 6.29. The van der Waals surface area contributed by atoms with E-state index in [2.05, 4.69) is 206 Å². The highest BCUT2D eigenvalue weighted by Gasteiger charge is 2.22. The maximum atomic E-state index is 4.16. The fraction of sp³-hybridized carbons (Fsp3) is 0.0714. The van der Waals surface area contributed by atoms with Crippen LogP contribution in [0.5, 0.6) is 0 Å². The molecule has 0 bridgehead atoms. The molecule has 2 nitrogen and oxygen atoms in total. The highest BCUT2D eigenvalue weighted by molar-refractivity contribution is 7.26. The van der Waals surface area contributed by atoms with Crippen molar-refractivity contribution in [3.8, 4) is 16.8 Å². The minimum atomic E-state index is 1.09. The lowest BCUT2D eigenvalue weighted by Crippen LogP contribution is -2.10. The Hall–Kier alpha value is -6.72. The second-order valence-electron chi connectivity index (χ2n) is 14.5. The number of fused-ring (bicyclic) bond motifs is 8. The number of anilines is 3. The Balaban J connectivity index is 0.00000228. The van der Waals surface area contributed by atoms with Crippen molar-refractivity contribution in [3.63, 3.8) is 0 Å². The van der Waals surface area contributed by atoms with Crippen LogP contribution < -0.4 is 4.90 Å². The lowest BCUT2D eigenvalue weighted by atomic mass is 9.98. The van der Waals surface area contributed by atoms with Crippen LogP contribution >= 0.6 is 22.7 Å². The highest BCUT2D eigenvalue weighted by atomic mass is 32.1. The molecule has 292 valence electrons. The van der Waals surface area contributed by atoms with Crippen LogP contribution in [0, 0.1) is 0 Å². The summed E-state index contributed by atoms with van der Waals surface area (Å²) in [6.07, 6.45) is 10.3. The largest absolute Gasteiger partial charge is 0.310 e. The number of nitrogens with zero attached hydrogens (tertiary/aromatic N) is 2. The van der Waals surface area contributed by atoms with Gasteiger partial charge in [-0.1, -0.05) is 136 Å². The fourth-order valence-electron chi connectivity index (χ4n) is 8.60. The third-order valence-corrected chi connectivity index (χ3v) is 13.6. The molecule has 0 amide bonds. The highest BCUT2D eigenvalue weighted by Crippen LogP contribution is 2.48. The van der Waals surface area contributed by atoms with Crippen molar-refractivity contribution in [1.82, 2.24) is 4.57 Å². The van der Waals surface area contributed by atoms with E-state index in [4.69, 9.17) is 0 Å². The summed E-state index contributed by atoms with van der Waals surface area (Å²) >= 11 is 3.64.